The quantitative estimate of drug-likeness (QED) is 0.680. The van der Waals surface area contributed by atoms with E-state index in [9.17, 15) is 13.2 Å². The molecule has 0 aliphatic carbocycles. The fraction of sp³-hybridized carbons (Fsp3) is 0.0714. The molecule has 0 atom stereocenters. The highest BCUT2D eigenvalue weighted by molar-refractivity contribution is 5.68. The van der Waals surface area contributed by atoms with Crippen molar-refractivity contribution in [3.63, 3.8) is 0 Å². The fourth-order valence-electron chi connectivity index (χ4n) is 1.72. The Balaban J connectivity index is 2.60. The predicted octanol–water partition coefficient (Wildman–Crippen LogP) is 4.55. The van der Waals surface area contributed by atoms with E-state index in [4.69, 9.17) is 0 Å². The van der Waals surface area contributed by atoms with E-state index in [0.29, 0.717) is 11.1 Å². The fourth-order valence-corrected chi connectivity index (χ4v) is 1.72. The second-order valence-corrected chi connectivity index (χ2v) is 3.74. The number of alkyl halides is 3. The molecule has 0 spiro atoms. The van der Waals surface area contributed by atoms with Crippen molar-refractivity contribution in [1.82, 2.24) is 0 Å². The molecule has 0 aliphatic rings. The predicted molar refractivity (Wildman–Crippen MR) is 61.3 cm³/mol. The Morgan fingerprint density at radius 1 is 0.882 bits per heavy atom. The molecule has 3 heteroatoms. The van der Waals surface area contributed by atoms with E-state index in [1.807, 2.05) is 0 Å². The van der Waals surface area contributed by atoms with Gasteiger partial charge in [-0.3, -0.25) is 0 Å². The van der Waals surface area contributed by atoms with E-state index in [2.05, 4.69) is 6.92 Å². The monoisotopic (exact) mass is 235 g/mol. The van der Waals surface area contributed by atoms with Crippen molar-refractivity contribution in [2.45, 2.75) is 6.18 Å². The molecule has 0 N–H and O–H groups in total. The average Bonchev–Trinajstić information content (AvgIpc) is 2.28. The molecule has 87 valence electrons. The van der Waals surface area contributed by atoms with Gasteiger partial charge >= 0.3 is 6.18 Å². The van der Waals surface area contributed by atoms with Gasteiger partial charge in [-0.2, -0.15) is 13.2 Å². The third-order valence-corrected chi connectivity index (χ3v) is 2.47. The zero-order valence-electron chi connectivity index (χ0n) is 8.96. The number of rotatable bonds is 1. The number of hydrogen-bond donors (Lipinski definition) is 0. The summed E-state index contributed by atoms with van der Waals surface area (Å²) in [6.45, 7) is 3.72. The first kappa shape index (κ1) is 11.7. The summed E-state index contributed by atoms with van der Waals surface area (Å²) in [4.78, 5) is 0. The zero-order valence-corrected chi connectivity index (χ0v) is 8.96. The topological polar surface area (TPSA) is 0 Å². The van der Waals surface area contributed by atoms with Crippen molar-refractivity contribution in [1.29, 1.82) is 0 Å². The van der Waals surface area contributed by atoms with Crippen LogP contribution in [0.15, 0.2) is 48.5 Å². The third kappa shape index (κ3) is 2.49. The lowest BCUT2D eigenvalue weighted by Crippen LogP contribution is -2.06. The normalized spacial score (nSPS) is 11.5. The van der Waals surface area contributed by atoms with Gasteiger partial charge in [0.15, 0.2) is 0 Å². The van der Waals surface area contributed by atoms with E-state index >= 15 is 0 Å². The summed E-state index contributed by atoms with van der Waals surface area (Å²) in [6.07, 6.45) is -4.34. The lowest BCUT2D eigenvalue weighted by Gasteiger charge is -2.12. The molecule has 0 heterocycles. The largest absolute Gasteiger partial charge is 0.417 e. The van der Waals surface area contributed by atoms with Crippen molar-refractivity contribution in [2.24, 2.45) is 0 Å². The van der Waals surface area contributed by atoms with Crippen molar-refractivity contribution in [3.05, 3.63) is 66.6 Å². The van der Waals surface area contributed by atoms with Crippen molar-refractivity contribution in [2.75, 3.05) is 0 Å². The molecule has 2 rings (SSSR count). The van der Waals surface area contributed by atoms with Crippen molar-refractivity contribution in [3.8, 4) is 11.1 Å². The second kappa shape index (κ2) is 4.24. The van der Waals surface area contributed by atoms with Gasteiger partial charge < -0.3 is 0 Å². The van der Waals surface area contributed by atoms with Crippen LogP contribution >= 0.6 is 0 Å². The van der Waals surface area contributed by atoms with Gasteiger partial charge in [-0.15, -0.1) is 0 Å². The lowest BCUT2D eigenvalue weighted by atomic mass is 9.98. The Bertz CT molecular complexity index is 527. The summed E-state index contributed by atoms with van der Waals surface area (Å²) in [5.41, 5.74) is 0.793. The maximum absolute atomic E-state index is 12.8. The average molecular weight is 235 g/mol. The number of benzene rings is 2. The molecule has 0 unspecified atom stereocenters. The molecule has 0 bridgehead atoms. The highest BCUT2D eigenvalue weighted by atomic mass is 19.4. The SMILES string of the molecule is [CH2]c1cccc(-c2ccccc2C(F)(F)F)c1. The molecule has 0 nitrogen and oxygen atoms in total. The van der Waals surface area contributed by atoms with Gasteiger partial charge in [0, 0.05) is 0 Å². The summed E-state index contributed by atoms with van der Waals surface area (Å²) in [6, 6.07) is 12.3. The molecule has 0 amide bonds. The smallest absolute Gasteiger partial charge is 0.166 e. The molecule has 0 aromatic heterocycles. The Morgan fingerprint density at radius 2 is 1.59 bits per heavy atom. The van der Waals surface area contributed by atoms with Gasteiger partial charge in [-0.1, -0.05) is 42.5 Å². The molecule has 17 heavy (non-hydrogen) atoms. The Hall–Kier alpha value is -1.77. The molecule has 2 aromatic carbocycles. The first-order valence-electron chi connectivity index (χ1n) is 5.07. The van der Waals surface area contributed by atoms with Crippen LogP contribution in [0.1, 0.15) is 11.1 Å². The highest BCUT2D eigenvalue weighted by Crippen LogP contribution is 2.36. The van der Waals surface area contributed by atoms with Crippen LogP contribution in [-0.4, -0.2) is 0 Å². The standard InChI is InChI=1S/C14H10F3/c1-10-5-4-6-11(9-10)12-7-2-3-8-13(12)14(15,16)17/h2-9H,1H2. The summed E-state index contributed by atoms with van der Waals surface area (Å²) in [7, 11) is 0. The second-order valence-electron chi connectivity index (χ2n) is 3.74. The minimum absolute atomic E-state index is 0.186. The maximum Gasteiger partial charge on any atom is 0.417 e. The van der Waals surface area contributed by atoms with Crippen LogP contribution in [0.5, 0.6) is 0 Å². The molecule has 0 saturated heterocycles. The van der Waals surface area contributed by atoms with Crippen LogP contribution in [-0.2, 0) is 6.18 Å². The van der Waals surface area contributed by atoms with E-state index in [-0.39, 0.29) is 5.56 Å². The summed E-state index contributed by atoms with van der Waals surface area (Å²) in [5, 5.41) is 0. The van der Waals surface area contributed by atoms with E-state index in [1.165, 1.54) is 12.1 Å². The Labute approximate surface area is 97.7 Å². The molecule has 1 radical (unpaired) electrons. The summed E-state index contributed by atoms with van der Waals surface area (Å²) in [5.74, 6) is 0. The van der Waals surface area contributed by atoms with Gasteiger partial charge in [-0.25, -0.2) is 0 Å². The molecule has 2 aromatic rings. The number of halogens is 3. The van der Waals surface area contributed by atoms with Crippen LogP contribution in [0.3, 0.4) is 0 Å². The number of hydrogen-bond acceptors (Lipinski definition) is 0. The van der Waals surface area contributed by atoms with Crippen LogP contribution in [0.25, 0.3) is 11.1 Å². The first-order chi connectivity index (χ1) is 7.98. The molecular weight excluding hydrogens is 225 g/mol. The Morgan fingerprint density at radius 3 is 2.24 bits per heavy atom. The van der Waals surface area contributed by atoms with Gasteiger partial charge in [0.1, 0.15) is 0 Å². The third-order valence-electron chi connectivity index (χ3n) is 2.47. The zero-order chi connectivity index (χ0) is 12.5. The molecular formula is C14H10F3. The minimum Gasteiger partial charge on any atom is -0.166 e. The molecule has 0 fully saturated rings. The van der Waals surface area contributed by atoms with E-state index < -0.39 is 11.7 Å². The van der Waals surface area contributed by atoms with Gasteiger partial charge in [-0.05, 0) is 29.7 Å². The summed E-state index contributed by atoms with van der Waals surface area (Å²) >= 11 is 0. The van der Waals surface area contributed by atoms with Crippen LogP contribution in [0.4, 0.5) is 13.2 Å². The van der Waals surface area contributed by atoms with E-state index in [0.717, 1.165) is 6.07 Å². The molecule has 0 saturated carbocycles. The van der Waals surface area contributed by atoms with E-state index in [1.54, 1.807) is 30.3 Å². The first-order valence-corrected chi connectivity index (χ1v) is 5.07. The van der Waals surface area contributed by atoms with Crippen molar-refractivity contribution < 1.29 is 13.2 Å². The highest BCUT2D eigenvalue weighted by Gasteiger charge is 2.33. The van der Waals surface area contributed by atoms with Gasteiger partial charge in [0.25, 0.3) is 0 Å². The minimum atomic E-state index is -4.34. The van der Waals surface area contributed by atoms with Crippen LogP contribution < -0.4 is 0 Å². The van der Waals surface area contributed by atoms with Gasteiger partial charge in [0.05, 0.1) is 5.56 Å². The molecule has 0 aliphatic heterocycles. The maximum atomic E-state index is 12.8. The summed E-state index contributed by atoms with van der Waals surface area (Å²) < 4.78 is 38.5. The van der Waals surface area contributed by atoms with Crippen LogP contribution in [0, 0.1) is 6.92 Å². The lowest BCUT2D eigenvalue weighted by molar-refractivity contribution is -0.137. The van der Waals surface area contributed by atoms with Gasteiger partial charge in [0.2, 0.25) is 0 Å². The Kier molecular flexibility index (Phi) is 2.92. The van der Waals surface area contributed by atoms with Crippen molar-refractivity contribution >= 4 is 0 Å². The van der Waals surface area contributed by atoms with Crippen LogP contribution in [0.2, 0.25) is 0 Å².